The van der Waals surface area contributed by atoms with Gasteiger partial charge in [-0.15, -0.1) is 0 Å². The van der Waals surface area contributed by atoms with Crippen molar-refractivity contribution in [1.82, 2.24) is 21.3 Å². The molecule has 0 unspecified atom stereocenters. The highest BCUT2D eigenvalue weighted by atomic mass is 16.5. The number of primary amides is 1. The first-order chi connectivity index (χ1) is 29.9. The molecule has 13 nitrogen and oxygen atoms in total. The summed E-state index contributed by atoms with van der Waals surface area (Å²) in [6, 6.07) is 31.3. The maximum Gasteiger partial charge on any atom is 0.326 e. The van der Waals surface area contributed by atoms with Crippen LogP contribution in [0.5, 0.6) is 5.75 Å². The fourth-order valence-electron chi connectivity index (χ4n) is 6.88. The molecule has 5 atom stereocenters. The number of benzene rings is 4. The molecular formula is C49H61N5O8. The van der Waals surface area contributed by atoms with E-state index in [0.717, 1.165) is 35.1 Å². The zero-order chi connectivity index (χ0) is 44.7. The van der Waals surface area contributed by atoms with E-state index in [1.165, 1.54) is 0 Å². The minimum Gasteiger partial charge on any atom is -0.489 e. The van der Waals surface area contributed by atoms with Crippen LogP contribution < -0.4 is 31.7 Å². The number of rotatable bonds is 27. The topological polar surface area (TPSA) is 206 Å². The third kappa shape index (κ3) is 17.2. The fourth-order valence-corrected chi connectivity index (χ4v) is 6.88. The molecule has 7 N–H and O–H groups in total. The summed E-state index contributed by atoms with van der Waals surface area (Å²) >= 11 is 0. The van der Waals surface area contributed by atoms with Gasteiger partial charge in [-0.3, -0.25) is 24.0 Å². The van der Waals surface area contributed by atoms with E-state index >= 15 is 0 Å². The van der Waals surface area contributed by atoms with Crippen molar-refractivity contribution in [3.8, 4) is 5.75 Å². The number of nitrogens with two attached hydrogens (primary N) is 1. The van der Waals surface area contributed by atoms with Crippen LogP contribution >= 0.6 is 0 Å². The number of carbonyl (C=O) groups is 6. The molecule has 0 saturated heterocycles. The largest absolute Gasteiger partial charge is 0.489 e. The Morgan fingerprint density at radius 2 is 1.00 bits per heavy atom. The first-order valence-electron chi connectivity index (χ1n) is 21.5. The summed E-state index contributed by atoms with van der Waals surface area (Å²) in [6.45, 7) is 4.18. The Hall–Kier alpha value is -6.50. The number of aliphatic carboxylic acids is 1. The van der Waals surface area contributed by atoms with Crippen molar-refractivity contribution in [3.63, 3.8) is 0 Å². The van der Waals surface area contributed by atoms with E-state index < -0.39 is 47.9 Å². The highest BCUT2D eigenvalue weighted by Crippen LogP contribution is 2.17. The standard InChI is InChI=1S/C49H61N5O8/c1-3-34(2)45(48(59)52-40(46(50)57)30-35-18-10-7-11-19-35)54-44(56)25-17-6-4-5-16-24-43(55)51-41(47(58)53-42(49(60)61)32-36-20-12-8-13-21-36)31-37-26-28-39(29-27-37)62-33-38-22-14-9-15-23-38/h7-15,18-23,26-29,34,40-42,45H,3-6,16-17,24-25,30-33H2,1-2H3,(H2,50,57)(H,51,55)(H,52,59)(H,53,58)(H,54,56)(H,60,61)/t34-,40+,41+,42+,45+/m1/s1. The van der Waals surface area contributed by atoms with E-state index in [4.69, 9.17) is 10.5 Å². The van der Waals surface area contributed by atoms with Crippen molar-refractivity contribution in [3.05, 3.63) is 138 Å². The molecule has 0 aliphatic carbocycles. The zero-order valence-corrected chi connectivity index (χ0v) is 35.7. The Bertz CT molecular complexity index is 2010. The Balaban J connectivity index is 1.24. The van der Waals surface area contributed by atoms with Gasteiger partial charge in [0.25, 0.3) is 0 Å². The van der Waals surface area contributed by atoms with Gasteiger partial charge in [0.2, 0.25) is 29.5 Å². The summed E-state index contributed by atoms with van der Waals surface area (Å²) in [5.41, 5.74) is 8.98. The van der Waals surface area contributed by atoms with Crippen molar-refractivity contribution in [2.75, 3.05) is 0 Å². The molecule has 0 radical (unpaired) electrons. The van der Waals surface area contributed by atoms with Gasteiger partial charge in [0.1, 0.15) is 36.5 Å². The lowest BCUT2D eigenvalue weighted by molar-refractivity contribution is -0.142. The highest BCUT2D eigenvalue weighted by Gasteiger charge is 2.30. The van der Waals surface area contributed by atoms with E-state index in [2.05, 4.69) is 21.3 Å². The van der Waals surface area contributed by atoms with Gasteiger partial charge in [-0.25, -0.2) is 4.79 Å². The number of unbranched alkanes of at least 4 members (excludes halogenated alkanes) is 4. The van der Waals surface area contributed by atoms with Crippen LogP contribution in [0.1, 0.15) is 87.5 Å². The lowest BCUT2D eigenvalue weighted by Gasteiger charge is -2.26. The molecule has 4 rings (SSSR count). The Labute approximate surface area is 364 Å². The summed E-state index contributed by atoms with van der Waals surface area (Å²) in [5, 5.41) is 21.0. The van der Waals surface area contributed by atoms with Crippen LogP contribution in [0.15, 0.2) is 115 Å². The van der Waals surface area contributed by atoms with Crippen LogP contribution in [-0.4, -0.2) is 64.8 Å². The van der Waals surface area contributed by atoms with Crippen molar-refractivity contribution >= 4 is 35.5 Å². The molecule has 0 spiro atoms. The van der Waals surface area contributed by atoms with Crippen molar-refractivity contribution in [1.29, 1.82) is 0 Å². The second kappa shape index (κ2) is 26.0. The highest BCUT2D eigenvalue weighted by molar-refractivity contribution is 5.92. The molecular weight excluding hydrogens is 787 g/mol. The first kappa shape index (κ1) is 48.2. The Morgan fingerprint density at radius 1 is 0.548 bits per heavy atom. The first-order valence-corrected chi connectivity index (χ1v) is 21.5. The maximum absolute atomic E-state index is 13.6. The molecule has 5 amide bonds. The summed E-state index contributed by atoms with van der Waals surface area (Å²) in [4.78, 5) is 77.4. The number of amides is 5. The minimum absolute atomic E-state index is 0.0814. The van der Waals surface area contributed by atoms with Gasteiger partial charge in [-0.2, -0.15) is 0 Å². The van der Waals surface area contributed by atoms with Crippen LogP contribution in [0, 0.1) is 5.92 Å². The minimum atomic E-state index is -1.20. The molecule has 0 aliphatic heterocycles. The number of ether oxygens (including phenoxy) is 1. The molecule has 0 aliphatic rings. The number of carboxylic acid groups (broad SMARTS) is 1. The van der Waals surface area contributed by atoms with E-state index in [1.54, 1.807) is 36.4 Å². The van der Waals surface area contributed by atoms with Gasteiger partial charge >= 0.3 is 5.97 Å². The maximum atomic E-state index is 13.6. The van der Waals surface area contributed by atoms with Crippen LogP contribution in [0.2, 0.25) is 0 Å². The second-order valence-corrected chi connectivity index (χ2v) is 15.7. The normalized spacial score (nSPS) is 13.3. The number of nitrogens with one attached hydrogen (secondary N) is 4. The average Bonchev–Trinajstić information content (AvgIpc) is 3.27. The van der Waals surface area contributed by atoms with Gasteiger partial charge < -0.3 is 36.8 Å². The predicted octanol–water partition coefficient (Wildman–Crippen LogP) is 5.58. The molecule has 0 aromatic heterocycles. The molecule has 0 heterocycles. The molecule has 0 bridgehead atoms. The molecule has 4 aromatic rings. The Kier molecular flexibility index (Phi) is 20.2. The SMILES string of the molecule is CC[C@@H](C)[C@H](NC(=O)CCCCCCCC(=O)N[C@@H](Cc1ccc(OCc2ccccc2)cc1)C(=O)N[C@@H](Cc1ccccc1)C(=O)O)C(=O)N[C@@H](Cc1ccccc1)C(N)=O. The summed E-state index contributed by atoms with van der Waals surface area (Å²) in [6.07, 6.45) is 4.78. The van der Waals surface area contributed by atoms with Crippen molar-refractivity contribution < 1.29 is 38.6 Å². The monoisotopic (exact) mass is 847 g/mol. The zero-order valence-electron chi connectivity index (χ0n) is 35.7. The smallest absolute Gasteiger partial charge is 0.326 e. The quantitative estimate of drug-likeness (QED) is 0.0417. The van der Waals surface area contributed by atoms with E-state index in [-0.39, 0.29) is 49.8 Å². The van der Waals surface area contributed by atoms with Crippen LogP contribution in [0.3, 0.4) is 0 Å². The average molecular weight is 848 g/mol. The van der Waals surface area contributed by atoms with Crippen LogP contribution in [0.25, 0.3) is 0 Å². The lowest BCUT2D eigenvalue weighted by Crippen LogP contribution is -2.55. The molecule has 4 aromatic carbocycles. The van der Waals surface area contributed by atoms with E-state index in [1.807, 2.05) is 92.7 Å². The van der Waals surface area contributed by atoms with Gasteiger partial charge in [0.15, 0.2) is 0 Å². The molecule has 0 fully saturated rings. The summed E-state index contributed by atoms with van der Waals surface area (Å²) < 4.78 is 5.90. The lowest BCUT2D eigenvalue weighted by atomic mass is 9.97. The third-order valence-electron chi connectivity index (χ3n) is 10.7. The number of carboxylic acids is 1. The number of hydrogen-bond donors (Lipinski definition) is 6. The van der Waals surface area contributed by atoms with Crippen molar-refractivity contribution in [2.24, 2.45) is 11.7 Å². The van der Waals surface area contributed by atoms with Gasteiger partial charge in [-0.05, 0) is 53.1 Å². The van der Waals surface area contributed by atoms with Crippen LogP contribution in [-0.2, 0) is 54.6 Å². The molecule has 13 heteroatoms. The van der Waals surface area contributed by atoms with E-state index in [9.17, 15) is 33.9 Å². The van der Waals surface area contributed by atoms with Gasteiger partial charge in [-0.1, -0.05) is 143 Å². The van der Waals surface area contributed by atoms with Crippen molar-refractivity contribution in [2.45, 2.75) is 115 Å². The molecule has 330 valence electrons. The predicted molar refractivity (Wildman–Crippen MR) is 238 cm³/mol. The van der Waals surface area contributed by atoms with Gasteiger partial charge in [0.05, 0.1) is 0 Å². The number of carbonyl (C=O) groups excluding carboxylic acids is 5. The number of hydrogen-bond acceptors (Lipinski definition) is 7. The van der Waals surface area contributed by atoms with Crippen LogP contribution in [0.4, 0.5) is 0 Å². The van der Waals surface area contributed by atoms with E-state index in [0.29, 0.717) is 38.0 Å². The Morgan fingerprint density at radius 3 is 1.52 bits per heavy atom. The molecule has 0 saturated carbocycles. The summed E-state index contributed by atoms with van der Waals surface area (Å²) in [5.74, 6) is -3.04. The van der Waals surface area contributed by atoms with Gasteiger partial charge in [0, 0.05) is 32.1 Å². The fraction of sp³-hybridized carbons (Fsp3) is 0.388. The third-order valence-corrected chi connectivity index (χ3v) is 10.7. The molecule has 62 heavy (non-hydrogen) atoms. The summed E-state index contributed by atoms with van der Waals surface area (Å²) in [7, 11) is 0. The second-order valence-electron chi connectivity index (χ2n) is 15.7.